The van der Waals surface area contributed by atoms with Gasteiger partial charge in [-0.15, -0.1) is 24.0 Å². The smallest absolute Gasteiger partial charge is 0.194 e. The van der Waals surface area contributed by atoms with Crippen molar-refractivity contribution >= 4 is 45.9 Å². The topological polar surface area (TPSA) is 52.8 Å². The highest BCUT2D eigenvalue weighted by atomic mass is 127. The molecule has 0 radical (unpaired) electrons. The molecule has 2 aromatic rings. The lowest BCUT2D eigenvalue weighted by molar-refractivity contribution is 0.183. The first-order valence-electron chi connectivity index (χ1n) is 8.51. The molecule has 1 aromatic carbocycles. The van der Waals surface area contributed by atoms with Crippen LogP contribution < -0.4 is 5.32 Å². The monoisotopic (exact) mass is 534 g/mol. The third-order valence-electron chi connectivity index (χ3n) is 3.94. The zero-order valence-corrected chi connectivity index (χ0v) is 19.4. The number of nitrogens with zero attached hydrogens (tertiary/aromatic N) is 3. The molecule has 0 aliphatic heterocycles. The minimum Gasteiger partial charge on any atom is -0.391 e. The van der Waals surface area contributed by atoms with Gasteiger partial charge in [0, 0.05) is 43.4 Å². The highest BCUT2D eigenvalue weighted by Crippen LogP contribution is 2.15. The van der Waals surface area contributed by atoms with Crippen LogP contribution >= 0.6 is 39.9 Å². The molecule has 0 amide bonds. The Morgan fingerprint density at radius 3 is 2.62 bits per heavy atom. The third kappa shape index (κ3) is 7.28. The van der Waals surface area contributed by atoms with E-state index in [1.807, 2.05) is 57.5 Å². The van der Waals surface area contributed by atoms with Gasteiger partial charge in [-0.25, -0.2) is 0 Å². The van der Waals surface area contributed by atoms with Crippen molar-refractivity contribution in [1.29, 1.82) is 0 Å². The van der Waals surface area contributed by atoms with E-state index in [2.05, 4.69) is 41.8 Å². The Bertz CT molecular complexity index is 690. The van der Waals surface area contributed by atoms with E-state index in [-0.39, 0.29) is 24.0 Å². The Morgan fingerprint density at radius 1 is 1.35 bits per heavy atom. The highest BCUT2D eigenvalue weighted by molar-refractivity contribution is 14.0. The number of hydrogen-bond donors (Lipinski definition) is 2. The first-order chi connectivity index (χ1) is 12.0. The van der Waals surface area contributed by atoms with Gasteiger partial charge in [-0.3, -0.25) is 4.99 Å². The van der Waals surface area contributed by atoms with Crippen LogP contribution in [0, 0.1) is 0 Å². The summed E-state index contributed by atoms with van der Waals surface area (Å²) in [6.45, 7) is 3.94. The van der Waals surface area contributed by atoms with Crippen LogP contribution in [0.1, 0.15) is 18.2 Å². The molecular formula is C19H28BrIN4O. The fraction of sp³-hybridized carbons (Fsp3) is 0.421. The van der Waals surface area contributed by atoms with Gasteiger partial charge in [0.25, 0.3) is 0 Å². The molecule has 0 fully saturated rings. The van der Waals surface area contributed by atoms with E-state index >= 15 is 0 Å². The maximum atomic E-state index is 10.3. The predicted molar refractivity (Wildman–Crippen MR) is 122 cm³/mol. The molecule has 1 heterocycles. The average molecular weight is 535 g/mol. The van der Waals surface area contributed by atoms with Gasteiger partial charge in [0.2, 0.25) is 0 Å². The lowest BCUT2D eigenvalue weighted by atomic mass is 10.1. The molecule has 0 saturated heterocycles. The molecule has 144 valence electrons. The average Bonchev–Trinajstić information content (AvgIpc) is 2.89. The van der Waals surface area contributed by atoms with Crippen molar-refractivity contribution in [1.82, 2.24) is 14.8 Å². The Labute approximate surface area is 181 Å². The summed E-state index contributed by atoms with van der Waals surface area (Å²) in [4.78, 5) is 6.67. The normalized spacial score (nSPS) is 12.4. The second-order valence-corrected chi connectivity index (χ2v) is 7.07. The number of aliphatic hydroxyl groups excluding tert-OH is 1. The zero-order chi connectivity index (χ0) is 18.2. The van der Waals surface area contributed by atoms with Gasteiger partial charge in [0.1, 0.15) is 0 Å². The predicted octanol–water partition coefficient (Wildman–Crippen LogP) is 3.41. The second kappa shape index (κ2) is 11.6. The second-order valence-electron chi connectivity index (χ2n) is 6.15. The molecule has 26 heavy (non-hydrogen) atoms. The molecular weight excluding hydrogens is 507 g/mol. The fourth-order valence-electron chi connectivity index (χ4n) is 2.65. The number of benzene rings is 1. The van der Waals surface area contributed by atoms with Crippen molar-refractivity contribution in [3.05, 3.63) is 58.3 Å². The molecule has 1 atom stereocenters. The third-order valence-corrected chi connectivity index (χ3v) is 4.37. The van der Waals surface area contributed by atoms with Crippen molar-refractivity contribution in [2.24, 2.45) is 12.0 Å². The van der Waals surface area contributed by atoms with Crippen LogP contribution in [0.3, 0.4) is 0 Å². The Kier molecular flexibility index (Phi) is 10.3. The summed E-state index contributed by atoms with van der Waals surface area (Å²) in [7, 11) is 4.04. The van der Waals surface area contributed by atoms with Gasteiger partial charge in [-0.2, -0.15) is 0 Å². The molecule has 0 aliphatic carbocycles. The van der Waals surface area contributed by atoms with E-state index in [0.29, 0.717) is 13.0 Å². The number of aryl methyl sites for hydroxylation is 1. The SMILES string of the molecule is CCNC(=NCC(O)Cc1ccccc1)N(C)Cc1cc(Br)cn1C.I. The Morgan fingerprint density at radius 2 is 2.04 bits per heavy atom. The van der Waals surface area contributed by atoms with E-state index in [4.69, 9.17) is 0 Å². The summed E-state index contributed by atoms with van der Waals surface area (Å²) >= 11 is 3.50. The summed E-state index contributed by atoms with van der Waals surface area (Å²) < 4.78 is 3.16. The number of nitrogens with one attached hydrogen (secondary N) is 1. The molecule has 5 nitrogen and oxygen atoms in total. The largest absolute Gasteiger partial charge is 0.391 e. The quantitative estimate of drug-likeness (QED) is 0.325. The first kappa shape index (κ1) is 23.0. The standard InChI is InChI=1S/C19H27BrN4O.HI/c1-4-21-19(24(3)14-17-11-16(20)13-23(17)2)22-12-18(25)10-15-8-6-5-7-9-15;/h5-9,11,13,18,25H,4,10,12,14H2,1-3H3,(H,21,22);1H. The lowest BCUT2D eigenvalue weighted by Crippen LogP contribution is -2.39. The number of hydrogen-bond acceptors (Lipinski definition) is 2. The van der Waals surface area contributed by atoms with Crippen molar-refractivity contribution in [2.45, 2.75) is 26.0 Å². The van der Waals surface area contributed by atoms with Crippen LogP contribution in [0.15, 0.2) is 52.1 Å². The van der Waals surface area contributed by atoms with Crippen LogP contribution in [-0.4, -0.2) is 46.8 Å². The van der Waals surface area contributed by atoms with Crippen LogP contribution in [0.5, 0.6) is 0 Å². The Balaban J connectivity index is 0.00000338. The van der Waals surface area contributed by atoms with Crippen LogP contribution in [0.25, 0.3) is 0 Å². The maximum absolute atomic E-state index is 10.3. The van der Waals surface area contributed by atoms with Gasteiger partial charge in [0.05, 0.1) is 19.2 Å². The number of rotatable bonds is 7. The van der Waals surface area contributed by atoms with Gasteiger partial charge in [-0.1, -0.05) is 30.3 Å². The number of guanidine groups is 1. The van der Waals surface area contributed by atoms with Crippen molar-refractivity contribution < 1.29 is 5.11 Å². The van der Waals surface area contributed by atoms with E-state index in [0.717, 1.165) is 29.1 Å². The minimum atomic E-state index is -0.492. The van der Waals surface area contributed by atoms with Crippen LogP contribution in [-0.2, 0) is 20.0 Å². The van der Waals surface area contributed by atoms with Gasteiger partial charge in [0.15, 0.2) is 5.96 Å². The fourth-order valence-corrected chi connectivity index (χ4v) is 3.22. The molecule has 2 N–H and O–H groups in total. The highest BCUT2D eigenvalue weighted by Gasteiger charge is 2.11. The van der Waals surface area contributed by atoms with Crippen LogP contribution in [0.2, 0.25) is 0 Å². The van der Waals surface area contributed by atoms with Crippen molar-refractivity contribution in [2.75, 3.05) is 20.1 Å². The van der Waals surface area contributed by atoms with Gasteiger partial charge < -0.3 is 19.9 Å². The van der Waals surface area contributed by atoms with E-state index in [9.17, 15) is 5.11 Å². The molecule has 0 saturated carbocycles. The lowest BCUT2D eigenvalue weighted by Gasteiger charge is -2.23. The molecule has 2 rings (SSSR count). The maximum Gasteiger partial charge on any atom is 0.194 e. The zero-order valence-electron chi connectivity index (χ0n) is 15.5. The summed E-state index contributed by atoms with van der Waals surface area (Å²) in [5.74, 6) is 0.798. The minimum absolute atomic E-state index is 0. The van der Waals surface area contributed by atoms with Gasteiger partial charge >= 0.3 is 0 Å². The van der Waals surface area contributed by atoms with Gasteiger partial charge in [-0.05, 0) is 34.5 Å². The number of aliphatic imine (C=N–C) groups is 1. The summed E-state index contributed by atoms with van der Waals surface area (Å²) in [6.07, 6.45) is 2.16. The number of halogens is 2. The molecule has 1 unspecified atom stereocenters. The molecule has 0 spiro atoms. The molecule has 0 aliphatic rings. The Hall–Kier alpha value is -1.06. The summed E-state index contributed by atoms with van der Waals surface area (Å²) in [6, 6.07) is 12.1. The van der Waals surface area contributed by atoms with E-state index in [1.165, 1.54) is 5.69 Å². The van der Waals surface area contributed by atoms with E-state index in [1.54, 1.807) is 0 Å². The number of aliphatic hydroxyl groups is 1. The number of aromatic nitrogens is 1. The summed E-state index contributed by atoms with van der Waals surface area (Å²) in [5.41, 5.74) is 2.31. The molecule has 1 aromatic heterocycles. The first-order valence-corrected chi connectivity index (χ1v) is 9.31. The molecule has 0 bridgehead atoms. The molecule has 7 heteroatoms. The van der Waals surface area contributed by atoms with Crippen molar-refractivity contribution in [3.8, 4) is 0 Å². The summed E-state index contributed by atoms with van der Waals surface area (Å²) in [5, 5.41) is 13.6. The van der Waals surface area contributed by atoms with Crippen molar-refractivity contribution in [3.63, 3.8) is 0 Å². The van der Waals surface area contributed by atoms with E-state index < -0.39 is 6.10 Å². The van der Waals surface area contributed by atoms with Crippen LogP contribution in [0.4, 0.5) is 0 Å².